The Hall–Kier alpha value is -4.81. The fraction of sp³-hybridized carbons (Fsp3) is 0.326. The maximum absolute atomic E-state index is 14.8. The average Bonchev–Trinajstić information content (AvgIpc) is 3.58. The number of hydrogen-bond acceptors (Lipinski definition) is 7. The number of esters is 1. The third-order valence-electron chi connectivity index (χ3n) is 11.1. The molecule has 5 aromatic rings. The minimum Gasteiger partial charge on any atom is -0.464 e. The summed E-state index contributed by atoms with van der Waals surface area (Å²) in [5, 5.41) is 7.84. The van der Waals surface area contributed by atoms with Gasteiger partial charge in [0.05, 0.1) is 48.1 Å². The monoisotopic (exact) mass is 809 g/mol. The minimum atomic E-state index is -2.97. The van der Waals surface area contributed by atoms with Crippen LogP contribution < -0.4 is 10.4 Å². The molecule has 3 atom stereocenters. The van der Waals surface area contributed by atoms with Gasteiger partial charge in [-0.2, -0.15) is 5.10 Å². The van der Waals surface area contributed by atoms with Gasteiger partial charge in [0.1, 0.15) is 11.4 Å². The minimum absolute atomic E-state index is 0.179. The Morgan fingerprint density at radius 3 is 2.18 bits per heavy atom. The Balaban J connectivity index is 1.31. The Labute approximate surface area is 338 Å². The summed E-state index contributed by atoms with van der Waals surface area (Å²) in [6.45, 7) is 11.4. The van der Waals surface area contributed by atoms with E-state index in [4.69, 9.17) is 37.5 Å². The molecule has 0 spiro atoms. The average molecular weight is 811 g/mol. The van der Waals surface area contributed by atoms with Crippen molar-refractivity contribution in [3.8, 4) is 0 Å². The van der Waals surface area contributed by atoms with Gasteiger partial charge >= 0.3 is 5.97 Å². The largest absolute Gasteiger partial charge is 0.464 e. The number of pyridine rings is 1. The molecule has 3 aromatic carbocycles. The van der Waals surface area contributed by atoms with Gasteiger partial charge in [0.2, 0.25) is 0 Å². The van der Waals surface area contributed by atoms with Crippen molar-refractivity contribution in [2.45, 2.75) is 70.7 Å². The van der Waals surface area contributed by atoms with Crippen LogP contribution in [0.25, 0.3) is 0 Å². The zero-order chi connectivity index (χ0) is 39.9. The zero-order valence-electron chi connectivity index (χ0n) is 32.3. The first-order valence-corrected chi connectivity index (χ1v) is 21.4. The van der Waals surface area contributed by atoms with Crippen molar-refractivity contribution in [2.75, 3.05) is 20.3 Å². The van der Waals surface area contributed by atoms with E-state index in [1.807, 2.05) is 35.6 Å². The van der Waals surface area contributed by atoms with Crippen molar-refractivity contribution >= 4 is 59.7 Å². The summed E-state index contributed by atoms with van der Waals surface area (Å²) in [5.74, 6) is -0.955. The summed E-state index contributed by atoms with van der Waals surface area (Å²) in [6.07, 6.45) is 2.07. The van der Waals surface area contributed by atoms with Crippen molar-refractivity contribution in [2.24, 2.45) is 0 Å². The molecule has 7 rings (SSSR count). The van der Waals surface area contributed by atoms with Crippen molar-refractivity contribution in [1.82, 2.24) is 24.6 Å². The van der Waals surface area contributed by atoms with E-state index in [0.29, 0.717) is 39.8 Å². The van der Waals surface area contributed by atoms with Crippen LogP contribution in [-0.2, 0) is 22.1 Å². The summed E-state index contributed by atoms with van der Waals surface area (Å²) in [4.78, 5) is 49.0. The fourth-order valence-corrected chi connectivity index (χ4v) is 13.0. The number of rotatable bonds is 9. The fourth-order valence-electron chi connectivity index (χ4n) is 8.14. The van der Waals surface area contributed by atoms with Crippen molar-refractivity contribution in [3.05, 3.63) is 141 Å². The van der Waals surface area contributed by atoms with Gasteiger partial charge in [0.15, 0.2) is 0 Å². The molecule has 0 aliphatic carbocycles. The summed E-state index contributed by atoms with van der Waals surface area (Å²) in [7, 11) is -1.66. The highest BCUT2D eigenvalue weighted by Crippen LogP contribution is 2.40. The van der Waals surface area contributed by atoms with Gasteiger partial charge in [-0.3, -0.25) is 14.3 Å². The SMILES string of the molecule is COC(=O)c1ccc(C(C)N2C[C@@H](CO[Si](c3ccccc3)(c3ccccc3)C(C)(C)C)n3nc4c(c3C2=O)CN(C(=O)c2ccc(Cl)c(Cl)c2)[C@H](C)C4)cn1. The molecule has 0 saturated heterocycles. The predicted octanol–water partition coefficient (Wildman–Crippen LogP) is 7.29. The normalized spacial score (nSPS) is 17.6. The predicted molar refractivity (Wildman–Crippen MR) is 219 cm³/mol. The van der Waals surface area contributed by atoms with E-state index in [2.05, 4.69) is 74.3 Å². The standard InChI is InChI=1S/C43H45Cl2N5O5Si/c1-27-21-38-34(25-48(27)40(51)29-17-19-35(44)36(45)22-29)39-41(52)49(28(2)30-18-20-37(46-23-30)42(53)54-6)24-31(50(39)47-38)26-55-56(43(3,4)5,32-13-9-7-10-14-32)33-15-11-8-12-16-33/h7-20,22-23,27-28,31H,21,24-26H2,1-6H3/t27-,28?,31+/m1/s1. The van der Waals surface area contributed by atoms with Gasteiger partial charge in [0, 0.05) is 36.3 Å². The molecule has 0 fully saturated rings. The number of aromatic nitrogens is 3. The van der Waals surface area contributed by atoms with E-state index in [9.17, 15) is 14.4 Å². The lowest BCUT2D eigenvalue weighted by atomic mass is 9.96. The Kier molecular flexibility index (Phi) is 11.0. The van der Waals surface area contributed by atoms with Crippen LogP contribution in [0.5, 0.6) is 0 Å². The third kappa shape index (κ3) is 7.06. The number of fused-ring (bicyclic) bond motifs is 3. The topological polar surface area (TPSA) is 107 Å². The second-order valence-electron chi connectivity index (χ2n) is 15.6. The van der Waals surface area contributed by atoms with Crippen LogP contribution in [0, 0.1) is 0 Å². The molecule has 56 heavy (non-hydrogen) atoms. The van der Waals surface area contributed by atoms with E-state index in [-0.39, 0.29) is 47.8 Å². The number of carbonyl (C=O) groups is 3. The second kappa shape index (κ2) is 15.6. The van der Waals surface area contributed by atoms with Crippen LogP contribution in [0.1, 0.15) is 94.9 Å². The number of ether oxygens (including phenoxy) is 1. The molecule has 0 radical (unpaired) electrons. The second-order valence-corrected chi connectivity index (χ2v) is 20.7. The molecular weight excluding hydrogens is 765 g/mol. The Morgan fingerprint density at radius 1 is 0.946 bits per heavy atom. The molecule has 10 nitrogen and oxygen atoms in total. The maximum Gasteiger partial charge on any atom is 0.356 e. The van der Waals surface area contributed by atoms with Gasteiger partial charge in [0.25, 0.3) is 20.1 Å². The number of methoxy groups -OCH3 is 1. The number of hydrogen-bond donors (Lipinski definition) is 0. The van der Waals surface area contributed by atoms with Crippen molar-refractivity contribution in [1.29, 1.82) is 0 Å². The van der Waals surface area contributed by atoms with Crippen LogP contribution in [0.2, 0.25) is 15.1 Å². The summed E-state index contributed by atoms with van der Waals surface area (Å²) >= 11 is 12.5. The highest BCUT2D eigenvalue weighted by molar-refractivity contribution is 6.99. The van der Waals surface area contributed by atoms with Gasteiger partial charge < -0.3 is 19.0 Å². The first kappa shape index (κ1) is 39.4. The number of carbonyl (C=O) groups excluding carboxylic acids is 3. The van der Waals surface area contributed by atoms with Gasteiger partial charge in [-0.05, 0) is 59.1 Å². The lowest BCUT2D eigenvalue weighted by molar-refractivity contribution is 0.0519. The van der Waals surface area contributed by atoms with Crippen molar-refractivity contribution < 1.29 is 23.5 Å². The van der Waals surface area contributed by atoms with Gasteiger partial charge in [-0.25, -0.2) is 9.78 Å². The first-order chi connectivity index (χ1) is 26.7. The molecular formula is C43H45Cl2N5O5Si. The highest BCUT2D eigenvalue weighted by Gasteiger charge is 2.51. The highest BCUT2D eigenvalue weighted by atomic mass is 35.5. The molecule has 0 N–H and O–H groups in total. The summed E-state index contributed by atoms with van der Waals surface area (Å²) in [6, 6.07) is 28.2. The number of nitrogens with zero attached hydrogens (tertiary/aromatic N) is 5. The molecule has 2 aromatic heterocycles. The third-order valence-corrected chi connectivity index (χ3v) is 16.9. The number of benzene rings is 3. The van der Waals surface area contributed by atoms with Crippen LogP contribution in [0.3, 0.4) is 0 Å². The van der Waals surface area contributed by atoms with Gasteiger partial charge in [-0.1, -0.05) is 111 Å². The summed E-state index contributed by atoms with van der Waals surface area (Å²) in [5.41, 5.74) is 3.28. The quantitative estimate of drug-likeness (QED) is 0.114. The van der Waals surface area contributed by atoms with Crippen LogP contribution in [0.15, 0.2) is 97.2 Å². The lowest BCUT2D eigenvalue weighted by Crippen LogP contribution is -2.67. The molecule has 2 amide bonds. The molecule has 1 unspecified atom stereocenters. The molecule has 4 heterocycles. The number of amides is 2. The maximum atomic E-state index is 14.8. The van der Waals surface area contributed by atoms with Crippen molar-refractivity contribution in [3.63, 3.8) is 0 Å². The smallest absolute Gasteiger partial charge is 0.356 e. The molecule has 13 heteroatoms. The summed E-state index contributed by atoms with van der Waals surface area (Å²) < 4.78 is 14.2. The molecule has 0 bridgehead atoms. The van der Waals surface area contributed by atoms with E-state index in [1.54, 1.807) is 41.4 Å². The van der Waals surface area contributed by atoms with E-state index in [1.165, 1.54) is 7.11 Å². The van der Waals surface area contributed by atoms with E-state index < -0.39 is 20.3 Å². The Bertz CT molecular complexity index is 2220. The van der Waals surface area contributed by atoms with Gasteiger partial charge in [-0.15, -0.1) is 0 Å². The zero-order valence-corrected chi connectivity index (χ0v) is 34.8. The van der Waals surface area contributed by atoms with Crippen LogP contribution in [0.4, 0.5) is 0 Å². The molecule has 2 aliphatic heterocycles. The number of halogens is 2. The first-order valence-electron chi connectivity index (χ1n) is 18.7. The lowest BCUT2D eigenvalue weighted by Gasteiger charge is -2.45. The van der Waals surface area contributed by atoms with E-state index >= 15 is 0 Å². The molecule has 0 saturated carbocycles. The molecule has 2 aliphatic rings. The molecule has 290 valence electrons. The van der Waals surface area contributed by atoms with Crippen LogP contribution >= 0.6 is 23.2 Å². The van der Waals surface area contributed by atoms with E-state index in [0.717, 1.165) is 21.6 Å². The van der Waals surface area contributed by atoms with Crippen LogP contribution in [-0.4, -0.2) is 77.0 Å². The Morgan fingerprint density at radius 2 is 1.61 bits per heavy atom.